The molecular weight excluding hydrogens is 250 g/mol. The lowest BCUT2D eigenvalue weighted by Crippen LogP contribution is -2.38. The van der Waals surface area contributed by atoms with E-state index in [-0.39, 0.29) is 0 Å². The van der Waals surface area contributed by atoms with Gasteiger partial charge in [-0.15, -0.1) is 11.3 Å². The molecule has 1 nitrogen and oxygen atoms in total. The number of thiophene rings is 1. The molecule has 0 aromatic carbocycles. The smallest absolute Gasteiger partial charge is 0.0931 e. The summed E-state index contributed by atoms with van der Waals surface area (Å²) in [4.78, 5) is 1.39. The second-order valence-corrected chi connectivity index (χ2v) is 7.45. The molecule has 0 saturated heterocycles. The van der Waals surface area contributed by atoms with Gasteiger partial charge in [-0.1, -0.05) is 25.4 Å². The molecule has 0 radical (unpaired) electrons. The van der Waals surface area contributed by atoms with Gasteiger partial charge in [0.1, 0.15) is 0 Å². The van der Waals surface area contributed by atoms with E-state index >= 15 is 0 Å². The summed E-state index contributed by atoms with van der Waals surface area (Å²) >= 11 is 7.68. The Morgan fingerprint density at radius 1 is 1.41 bits per heavy atom. The van der Waals surface area contributed by atoms with E-state index in [0.29, 0.717) is 12.0 Å². The Morgan fingerprint density at radius 2 is 2.18 bits per heavy atom. The van der Waals surface area contributed by atoms with E-state index in [1.807, 2.05) is 6.07 Å². The Hall–Kier alpha value is -0.0500. The van der Waals surface area contributed by atoms with Gasteiger partial charge in [-0.3, -0.25) is 0 Å². The largest absolute Gasteiger partial charge is 0.327 e. The summed E-state index contributed by atoms with van der Waals surface area (Å²) in [6.45, 7) is 4.67. The van der Waals surface area contributed by atoms with Crippen molar-refractivity contribution in [2.45, 2.75) is 45.6 Å². The fourth-order valence-corrected chi connectivity index (χ4v) is 4.06. The molecule has 2 rings (SSSR count). The van der Waals surface area contributed by atoms with Crippen molar-refractivity contribution in [1.29, 1.82) is 0 Å². The first-order valence-electron chi connectivity index (χ1n) is 6.56. The van der Waals surface area contributed by atoms with Crippen molar-refractivity contribution in [2.24, 2.45) is 23.5 Å². The maximum atomic E-state index is 6.27. The minimum atomic E-state index is 0.380. The predicted molar refractivity (Wildman–Crippen MR) is 76.7 cm³/mol. The van der Waals surface area contributed by atoms with Crippen LogP contribution >= 0.6 is 22.9 Å². The van der Waals surface area contributed by atoms with Crippen LogP contribution in [-0.4, -0.2) is 6.04 Å². The highest BCUT2D eigenvalue weighted by molar-refractivity contribution is 7.16. The molecule has 1 heterocycles. The lowest BCUT2D eigenvalue weighted by Gasteiger charge is -2.36. The fourth-order valence-electron chi connectivity index (χ4n) is 2.88. The van der Waals surface area contributed by atoms with E-state index < -0.39 is 0 Å². The van der Waals surface area contributed by atoms with Gasteiger partial charge >= 0.3 is 0 Å². The van der Waals surface area contributed by atoms with Crippen molar-refractivity contribution in [2.75, 3.05) is 0 Å². The number of halogens is 1. The maximum absolute atomic E-state index is 6.27. The van der Waals surface area contributed by atoms with Crippen molar-refractivity contribution in [3.05, 3.63) is 21.3 Å². The quantitative estimate of drug-likeness (QED) is 0.869. The molecule has 1 aromatic heterocycles. The second kappa shape index (κ2) is 5.73. The third-order valence-corrected chi connectivity index (χ3v) is 5.37. The lowest BCUT2D eigenvalue weighted by atomic mass is 9.72. The molecule has 0 spiro atoms. The zero-order valence-electron chi connectivity index (χ0n) is 10.7. The van der Waals surface area contributed by atoms with Crippen molar-refractivity contribution in [3.8, 4) is 0 Å². The number of nitrogens with two attached hydrogens (primary N) is 1. The van der Waals surface area contributed by atoms with Crippen LogP contribution in [0, 0.1) is 17.8 Å². The first-order valence-corrected chi connectivity index (χ1v) is 7.75. The summed E-state index contributed by atoms with van der Waals surface area (Å²) in [6, 6.07) is 4.53. The molecule has 2 N–H and O–H groups in total. The third kappa shape index (κ3) is 3.46. The van der Waals surface area contributed by atoms with Crippen LogP contribution in [-0.2, 0) is 6.42 Å². The average molecular weight is 272 g/mol. The highest BCUT2D eigenvalue weighted by Gasteiger charge is 2.29. The normalized spacial score (nSPS) is 29.8. The molecule has 96 valence electrons. The molecule has 17 heavy (non-hydrogen) atoms. The summed E-state index contributed by atoms with van der Waals surface area (Å²) < 4.78 is 0.893. The molecule has 1 aliphatic carbocycles. The van der Waals surface area contributed by atoms with E-state index in [2.05, 4.69) is 19.9 Å². The lowest BCUT2D eigenvalue weighted by molar-refractivity contribution is 0.190. The van der Waals surface area contributed by atoms with Crippen LogP contribution in [0.3, 0.4) is 0 Å². The summed E-state index contributed by atoms with van der Waals surface area (Å²) in [7, 11) is 0. The molecule has 1 aromatic rings. The molecule has 3 heteroatoms. The first-order chi connectivity index (χ1) is 8.06. The summed E-state index contributed by atoms with van der Waals surface area (Å²) in [5.41, 5.74) is 6.27. The van der Waals surface area contributed by atoms with Gasteiger partial charge in [0.25, 0.3) is 0 Å². The Bertz CT molecular complexity index is 361. The van der Waals surface area contributed by atoms with Crippen molar-refractivity contribution in [1.82, 2.24) is 0 Å². The Labute approximate surface area is 113 Å². The molecule has 0 aliphatic heterocycles. The van der Waals surface area contributed by atoms with Crippen molar-refractivity contribution < 1.29 is 0 Å². The minimum absolute atomic E-state index is 0.380. The first kappa shape index (κ1) is 13.4. The van der Waals surface area contributed by atoms with Gasteiger partial charge in [0.05, 0.1) is 4.34 Å². The molecule has 1 saturated carbocycles. The van der Waals surface area contributed by atoms with E-state index in [9.17, 15) is 0 Å². The van der Waals surface area contributed by atoms with Gasteiger partial charge in [0, 0.05) is 10.9 Å². The highest BCUT2D eigenvalue weighted by Crippen LogP contribution is 2.36. The fraction of sp³-hybridized carbons (Fsp3) is 0.714. The minimum Gasteiger partial charge on any atom is -0.327 e. The number of rotatable bonds is 3. The van der Waals surface area contributed by atoms with Crippen LogP contribution in [0.1, 0.15) is 38.0 Å². The summed E-state index contributed by atoms with van der Waals surface area (Å²) in [6.07, 6.45) is 4.89. The molecule has 1 fully saturated rings. The van der Waals surface area contributed by atoms with Crippen molar-refractivity contribution >= 4 is 22.9 Å². The Balaban J connectivity index is 1.98. The van der Waals surface area contributed by atoms with Gasteiger partial charge in [-0.2, -0.15) is 0 Å². The van der Waals surface area contributed by atoms with E-state index in [1.54, 1.807) is 11.3 Å². The zero-order valence-corrected chi connectivity index (χ0v) is 12.2. The molecule has 0 bridgehead atoms. The van der Waals surface area contributed by atoms with Crippen LogP contribution in [0.5, 0.6) is 0 Å². The van der Waals surface area contributed by atoms with Crippen LogP contribution in [0.2, 0.25) is 4.34 Å². The Kier molecular flexibility index (Phi) is 4.51. The van der Waals surface area contributed by atoms with E-state index in [4.69, 9.17) is 17.3 Å². The second-order valence-electron chi connectivity index (χ2n) is 5.65. The summed E-state index contributed by atoms with van der Waals surface area (Å²) in [5.74, 6) is 2.29. The van der Waals surface area contributed by atoms with Gasteiger partial charge < -0.3 is 5.73 Å². The van der Waals surface area contributed by atoms with E-state index in [0.717, 1.165) is 22.6 Å². The SMILES string of the molecule is CC(C)C1CCC(N)C(Cc2ccc(Cl)s2)C1. The molecule has 0 amide bonds. The highest BCUT2D eigenvalue weighted by atomic mass is 35.5. The standard InChI is InChI=1S/C14H22ClNS/c1-9(2)10-3-5-13(16)11(7-10)8-12-4-6-14(15)17-12/h4,6,9-11,13H,3,5,7-8,16H2,1-2H3. The molecular formula is C14H22ClNS. The Morgan fingerprint density at radius 3 is 2.76 bits per heavy atom. The molecule has 1 aliphatic rings. The topological polar surface area (TPSA) is 26.0 Å². The van der Waals surface area contributed by atoms with Crippen LogP contribution < -0.4 is 5.73 Å². The van der Waals surface area contributed by atoms with Crippen molar-refractivity contribution in [3.63, 3.8) is 0 Å². The predicted octanol–water partition coefficient (Wildman–Crippen LogP) is 4.34. The average Bonchev–Trinajstić information content (AvgIpc) is 2.67. The monoisotopic (exact) mass is 271 g/mol. The third-order valence-electron chi connectivity index (χ3n) is 4.12. The van der Waals surface area contributed by atoms with Gasteiger partial charge in [-0.25, -0.2) is 0 Å². The van der Waals surface area contributed by atoms with Gasteiger partial charge in [-0.05, 0) is 55.6 Å². The van der Waals surface area contributed by atoms with Crippen LogP contribution in [0.25, 0.3) is 0 Å². The van der Waals surface area contributed by atoms with Gasteiger partial charge in [0.2, 0.25) is 0 Å². The molecule has 3 unspecified atom stereocenters. The molecule has 3 atom stereocenters. The summed E-state index contributed by atoms with van der Waals surface area (Å²) in [5, 5.41) is 0. The van der Waals surface area contributed by atoms with Crippen LogP contribution in [0.4, 0.5) is 0 Å². The number of hydrogen-bond acceptors (Lipinski definition) is 2. The van der Waals surface area contributed by atoms with Crippen LogP contribution in [0.15, 0.2) is 12.1 Å². The maximum Gasteiger partial charge on any atom is 0.0931 e. The van der Waals surface area contributed by atoms with E-state index in [1.165, 1.54) is 24.1 Å². The number of hydrogen-bond donors (Lipinski definition) is 1. The van der Waals surface area contributed by atoms with Gasteiger partial charge in [0.15, 0.2) is 0 Å². The zero-order chi connectivity index (χ0) is 12.4.